The first-order valence-corrected chi connectivity index (χ1v) is 7.59. The lowest BCUT2D eigenvalue weighted by atomic mass is 10.1. The van der Waals surface area contributed by atoms with E-state index >= 15 is 0 Å². The van der Waals surface area contributed by atoms with E-state index in [0.29, 0.717) is 0 Å². The van der Waals surface area contributed by atoms with Crippen molar-refractivity contribution >= 4 is 23.7 Å². The van der Waals surface area contributed by atoms with Gasteiger partial charge in [0.15, 0.2) is 0 Å². The van der Waals surface area contributed by atoms with Gasteiger partial charge in [-0.2, -0.15) is 0 Å². The number of methoxy groups -OCH3 is 1. The van der Waals surface area contributed by atoms with Crippen LogP contribution in [-0.2, 0) is 16.3 Å². The fourth-order valence-electron chi connectivity index (χ4n) is 1.85. The number of nitrogens with two attached hydrogens (primary N) is 1. The highest BCUT2D eigenvalue weighted by molar-refractivity contribution is 7.97. The van der Waals surface area contributed by atoms with E-state index in [4.69, 9.17) is 14.9 Å². The molecule has 4 nitrogen and oxygen atoms in total. The van der Waals surface area contributed by atoms with E-state index in [-0.39, 0.29) is 0 Å². The standard InChI is InChI=1S/C16H17NO3S/c1-19-15-6-4-12(5-7-16(17)18)9-13(15)10-21-11-14-3-2-8-20-14/h2-9H,10-11H2,1H3,(H2,17,18)/b7-5-. The molecule has 2 rings (SSSR count). The molecule has 0 aliphatic rings. The summed E-state index contributed by atoms with van der Waals surface area (Å²) >= 11 is 1.74. The highest BCUT2D eigenvalue weighted by Gasteiger charge is 2.05. The summed E-state index contributed by atoms with van der Waals surface area (Å²) in [4.78, 5) is 10.8. The molecule has 21 heavy (non-hydrogen) atoms. The largest absolute Gasteiger partial charge is 0.496 e. The molecule has 1 aromatic carbocycles. The van der Waals surface area contributed by atoms with Crippen LogP contribution in [0.1, 0.15) is 16.9 Å². The third-order valence-corrected chi connectivity index (χ3v) is 3.83. The predicted octanol–water partition coefficient (Wildman–Crippen LogP) is 3.22. The lowest BCUT2D eigenvalue weighted by Gasteiger charge is -2.09. The highest BCUT2D eigenvalue weighted by Crippen LogP contribution is 2.26. The van der Waals surface area contributed by atoms with Crippen LogP contribution in [0.25, 0.3) is 6.08 Å². The van der Waals surface area contributed by atoms with Crippen molar-refractivity contribution in [3.63, 3.8) is 0 Å². The Balaban J connectivity index is 2.04. The maximum absolute atomic E-state index is 10.8. The molecule has 0 fully saturated rings. The van der Waals surface area contributed by atoms with Gasteiger partial charge in [-0.3, -0.25) is 4.79 Å². The molecule has 110 valence electrons. The molecule has 2 aromatic rings. The van der Waals surface area contributed by atoms with Crippen molar-refractivity contribution in [2.24, 2.45) is 5.73 Å². The van der Waals surface area contributed by atoms with Crippen LogP contribution in [0.4, 0.5) is 0 Å². The smallest absolute Gasteiger partial charge is 0.241 e. The van der Waals surface area contributed by atoms with Crippen LogP contribution in [-0.4, -0.2) is 13.0 Å². The van der Waals surface area contributed by atoms with Gasteiger partial charge in [-0.25, -0.2) is 0 Å². The van der Waals surface area contributed by atoms with E-state index in [0.717, 1.165) is 34.1 Å². The van der Waals surface area contributed by atoms with E-state index in [2.05, 4.69) is 0 Å². The molecule has 0 unspecified atom stereocenters. The molecule has 0 saturated carbocycles. The zero-order chi connectivity index (χ0) is 15.1. The molecule has 1 aromatic heterocycles. The quantitative estimate of drug-likeness (QED) is 0.798. The molecular weight excluding hydrogens is 286 g/mol. The van der Waals surface area contributed by atoms with E-state index in [1.165, 1.54) is 6.08 Å². The van der Waals surface area contributed by atoms with Gasteiger partial charge in [-0.05, 0) is 35.9 Å². The molecule has 0 bridgehead atoms. The summed E-state index contributed by atoms with van der Waals surface area (Å²) in [5.74, 6) is 2.92. The van der Waals surface area contributed by atoms with Crippen molar-refractivity contribution in [2.45, 2.75) is 11.5 Å². The minimum absolute atomic E-state index is 0.459. The molecule has 0 saturated heterocycles. The van der Waals surface area contributed by atoms with E-state index < -0.39 is 5.91 Å². The second-order valence-electron chi connectivity index (χ2n) is 4.38. The summed E-state index contributed by atoms with van der Waals surface area (Å²) in [5.41, 5.74) is 7.09. The third-order valence-electron chi connectivity index (χ3n) is 2.83. The summed E-state index contributed by atoms with van der Waals surface area (Å²) in [6, 6.07) is 9.61. The molecule has 2 N–H and O–H groups in total. The third kappa shape index (κ3) is 4.72. The van der Waals surface area contributed by atoms with Crippen LogP contribution >= 0.6 is 11.8 Å². The molecular formula is C16H17NO3S. The molecule has 0 spiro atoms. The van der Waals surface area contributed by atoms with Gasteiger partial charge in [0.2, 0.25) is 5.91 Å². The van der Waals surface area contributed by atoms with Crippen molar-refractivity contribution in [1.29, 1.82) is 0 Å². The van der Waals surface area contributed by atoms with Gasteiger partial charge in [0.25, 0.3) is 0 Å². The molecule has 1 amide bonds. The number of hydrogen-bond acceptors (Lipinski definition) is 4. The fraction of sp³-hybridized carbons (Fsp3) is 0.188. The highest BCUT2D eigenvalue weighted by atomic mass is 32.2. The van der Waals surface area contributed by atoms with Gasteiger partial charge in [0.1, 0.15) is 11.5 Å². The second kappa shape index (κ2) is 7.59. The molecule has 0 atom stereocenters. The van der Waals surface area contributed by atoms with Gasteiger partial charge in [0.05, 0.1) is 19.1 Å². The van der Waals surface area contributed by atoms with Crippen LogP contribution in [0.15, 0.2) is 47.1 Å². The monoisotopic (exact) mass is 303 g/mol. The minimum atomic E-state index is -0.459. The Kier molecular flexibility index (Phi) is 5.51. The maximum atomic E-state index is 10.8. The molecule has 1 heterocycles. The van der Waals surface area contributed by atoms with E-state index in [1.54, 1.807) is 31.2 Å². The first-order valence-electron chi connectivity index (χ1n) is 6.43. The number of ether oxygens (including phenoxy) is 1. The number of thioether (sulfide) groups is 1. The number of rotatable bonds is 7. The first-order chi connectivity index (χ1) is 10.2. The Morgan fingerprint density at radius 3 is 2.90 bits per heavy atom. The summed E-state index contributed by atoms with van der Waals surface area (Å²) in [6.07, 6.45) is 4.72. The number of primary amides is 1. The van der Waals surface area contributed by atoms with E-state index in [1.807, 2.05) is 30.3 Å². The number of carbonyl (C=O) groups excluding carboxylic acids is 1. The van der Waals surface area contributed by atoms with Gasteiger partial charge in [-0.15, -0.1) is 11.8 Å². The SMILES string of the molecule is COc1ccc(/C=C\C(N)=O)cc1CSCc1ccco1. The Morgan fingerprint density at radius 1 is 1.38 bits per heavy atom. The zero-order valence-corrected chi connectivity index (χ0v) is 12.6. The van der Waals surface area contributed by atoms with Crippen molar-refractivity contribution < 1.29 is 13.9 Å². The van der Waals surface area contributed by atoms with Gasteiger partial charge < -0.3 is 14.9 Å². The molecule has 0 aliphatic heterocycles. The maximum Gasteiger partial charge on any atom is 0.241 e. The lowest BCUT2D eigenvalue weighted by Crippen LogP contribution is -2.05. The van der Waals surface area contributed by atoms with Gasteiger partial charge in [-0.1, -0.05) is 6.07 Å². The molecule has 5 heteroatoms. The average molecular weight is 303 g/mol. The lowest BCUT2D eigenvalue weighted by molar-refractivity contribution is -0.113. The van der Waals surface area contributed by atoms with Gasteiger partial charge in [0, 0.05) is 17.4 Å². The molecule has 0 radical (unpaired) electrons. The van der Waals surface area contributed by atoms with E-state index in [9.17, 15) is 4.79 Å². The summed E-state index contributed by atoms with van der Waals surface area (Å²) in [7, 11) is 1.65. The van der Waals surface area contributed by atoms with Crippen molar-refractivity contribution in [3.05, 3.63) is 59.6 Å². The van der Waals surface area contributed by atoms with Crippen LogP contribution in [0.2, 0.25) is 0 Å². The average Bonchev–Trinajstić information content (AvgIpc) is 2.98. The zero-order valence-electron chi connectivity index (χ0n) is 11.7. The number of carbonyl (C=O) groups is 1. The van der Waals surface area contributed by atoms with Crippen molar-refractivity contribution in [2.75, 3.05) is 7.11 Å². The Hall–Kier alpha value is -2.14. The summed E-state index contributed by atoms with van der Waals surface area (Å²) in [6.45, 7) is 0. The van der Waals surface area contributed by atoms with Crippen LogP contribution < -0.4 is 10.5 Å². The van der Waals surface area contributed by atoms with Crippen molar-refractivity contribution in [1.82, 2.24) is 0 Å². The van der Waals surface area contributed by atoms with Crippen LogP contribution in [0.5, 0.6) is 5.75 Å². The normalized spacial score (nSPS) is 10.9. The first kappa shape index (κ1) is 15.3. The fourth-order valence-corrected chi connectivity index (χ4v) is 2.76. The summed E-state index contributed by atoms with van der Waals surface area (Å²) in [5, 5.41) is 0. The summed E-state index contributed by atoms with van der Waals surface area (Å²) < 4.78 is 10.7. The van der Waals surface area contributed by atoms with Crippen molar-refractivity contribution in [3.8, 4) is 5.75 Å². The number of amides is 1. The number of furan rings is 1. The number of benzene rings is 1. The van der Waals surface area contributed by atoms with Crippen LogP contribution in [0.3, 0.4) is 0 Å². The second-order valence-corrected chi connectivity index (χ2v) is 5.36. The topological polar surface area (TPSA) is 65.5 Å². The predicted molar refractivity (Wildman–Crippen MR) is 84.9 cm³/mol. The number of hydrogen-bond donors (Lipinski definition) is 1. The Morgan fingerprint density at radius 2 is 2.24 bits per heavy atom. The Labute approximate surface area is 128 Å². The minimum Gasteiger partial charge on any atom is -0.496 e. The van der Waals surface area contributed by atoms with Gasteiger partial charge >= 0.3 is 0 Å². The Bertz CT molecular complexity index is 620. The molecule has 0 aliphatic carbocycles. The van der Waals surface area contributed by atoms with Crippen LogP contribution in [0, 0.1) is 0 Å².